The molecule has 0 aliphatic heterocycles. The van der Waals surface area contributed by atoms with E-state index in [2.05, 4.69) is 9.97 Å². The van der Waals surface area contributed by atoms with E-state index in [-0.39, 0.29) is 36.5 Å². The van der Waals surface area contributed by atoms with E-state index in [4.69, 9.17) is 15.6 Å². The molecule has 2 aromatic carbocycles. The summed E-state index contributed by atoms with van der Waals surface area (Å²) >= 11 is 0. The summed E-state index contributed by atoms with van der Waals surface area (Å²) in [5.41, 5.74) is 7.82. The van der Waals surface area contributed by atoms with E-state index in [9.17, 15) is 10.1 Å². The molecule has 0 radical (unpaired) electrons. The van der Waals surface area contributed by atoms with Crippen LogP contribution < -0.4 is 10.5 Å². The number of anilines is 1. The molecule has 8 nitrogen and oxygen atoms in total. The maximum Gasteiger partial charge on any atom is 0.311 e. The predicted molar refractivity (Wildman–Crippen MR) is 102 cm³/mol. The molecule has 0 aliphatic rings. The molecule has 0 fully saturated rings. The van der Waals surface area contributed by atoms with Crippen LogP contribution in [0, 0.1) is 10.1 Å². The van der Waals surface area contributed by atoms with Gasteiger partial charge in [0.15, 0.2) is 5.75 Å². The van der Waals surface area contributed by atoms with Crippen molar-refractivity contribution in [1.82, 2.24) is 9.97 Å². The Morgan fingerprint density at radius 3 is 2.67 bits per heavy atom. The average Bonchev–Trinajstić information content (AvgIpc) is 2.67. The number of aromatic nitrogens is 2. The van der Waals surface area contributed by atoms with Crippen LogP contribution >= 0.6 is 0 Å². The number of aliphatic hydroxyl groups excluding tert-OH is 1. The molecule has 1 aromatic heterocycles. The van der Waals surface area contributed by atoms with Crippen molar-refractivity contribution in [2.24, 2.45) is 0 Å². The number of hydrogen-bond acceptors (Lipinski definition) is 7. The molecular weight excluding hydrogens is 348 g/mol. The van der Waals surface area contributed by atoms with Gasteiger partial charge >= 0.3 is 5.69 Å². The zero-order chi connectivity index (χ0) is 19.4. The van der Waals surface area contributed by atoms with Gasteiger partial charge in [-0.25, -0.2) is 9.97 Å². The summed E-state index contributed by atoms with van der Waals surface area (Å²) in [6, 6.07) is 12.6. The summed E-state index contributed by atoms with van der Waals surface area (Å²) < 4.78 is 5.47. The van der Waals surface area contributed by atoms with Gasteiger partial charge in [0, 0.05) is 36.5 Å². The summed E-state index contributed by atoms with van der Waals surface area (Å²) in [5.74, 6) is 0.0626. The number of nitro benzene ring substituents is 1. The lowest BCUT2D eigenvalue weighted by atomic mass is 9.94. The second-order valence-electron chi connectivity index (χ2n) is 6.12. The highest BCUT2D eigenvalue weighted by Gasteiger charge is 2.22. The van der Waals surface area contributed by atoms with Crippen LogP contribution in [0.4, 0.5) is 11.6 Å². The Bertz CT molecular complexity index is 963. The molecule has 0 amide bonds. The highest BCUT2D eigenvalue weighted by atomic mass is 16.6. The van der Waals surface area contributed by atoms with Gasteiger partial charge in [-0.1, -0.05) is 37.3 Å². The zero-order valence-corrected chi connectivity index (χ0v) is 14.8. The molecule has 3 aromatic rings. The van der Waals surface area contributed by atoms with Crippen LogP contribution in [0.3, 0.4) is 0 Å². The smallest absolute Gasteiger partial charge is 0.311 e. The largest absolute Gasteiger partial charge is 0.487 e. The SMILES string of the molecule is C[C@H](c1ccccc1)c1nc(N)nc2cc(OCCCO)c([N+](=O)[O-])cc12. The molecule has 0 spiro atoms. The van der Waals surface area contributed by atoms with Gasteiger partial charge in [0.2, 0.25) is 5.95 Å². The van der Waals surface area contributed by atoms with E-state index in [1.54, 1.807) is 0 Å². The molecule has 0 aliphatic carbocycles. The van der Waals surface area contributed by atoms with E-state index in [1.807, 2.05) is 37.3 Å². The van der Waals surface area contributed by atoms with Crippen LogP contribution in [-0.2, 0) is 0 Å². The van der Waals surface area contributed by atoms with Crippen molar-refractivity contribution in [1.29, 1.82) is 0 Å². The van der Waals surface area contributed by atoms with Crippen LogP contribution in [0.1, 0.15) is 30.5 Å². The highest BCUT2D eigenvalue weighted by molar-refractivity contribution is 5.87. The Labute approximate surface area is 155 Å². The summed E-state index contributed by atoms with van der Waals surface area (Å²) in [4.78, 5) is 19.6. The Hall–Kier alpha value is -3.26. The second kappa shape index (κ2) is 7.96. The van der Waals surface area contributed by atoms with Crippen molar-refractivity contribution in [3.63, 3.8) is 0 Å². The van der Waals surface area contributed by atoms with Crippen molar-refractivity contribution in [2.75, 3.05) is 18.9 Å². The van der Waals surface area contributed by atoms with Crippen LogP contribution in [0.5, 0.6) is 5.75 Å². The lowest BCUT2D eigenvalue weighted by Crippen LogP contribution is -2.07. The second-order valence-corrected chi connectivity index (χ2v) is 6.12. The Morgan fingerprint density at radius 1 is 1.26 bits per heavy atom. The number of benzene rings is 2. The van der Waals surface area contributed by atoms with Crippen LogP contribution in [0.25, 0.3) is 10.9 Å². The van der Waals surface area contributed by atoms with E-state index < -0.39 is 4.92 Å². The normalized spacial score (nSPS) is 12.1. The molecule has 3 N–H and O–H groups in total. The van der Waals surface area contributed by atoms with Crippen molar-refractivity contribution >= 4 is 22.5 Å². The molecule has 140 valence electrons. The summed E-state index contributed by atoms with van der Waals surface area (Å²) in [5, 5.41) is 21.0. The number of nitro groups is 1. The quantitative estimate of drug-likeness (QED) is 0.373. The number of nitrogen functional groups attached to an aromatic ring is 1. The number of nitrogens with two attached hydrogens (primary N) is 1. The topological polar surface area (TPSA) is 124 Å². The fraction of sp³-hybridized carbons (Fsp3) is 0.263. The molecule has 1 heterocycles. The Kier molecular flexibility index (Phi) is 5.46. The van der Waals surface area contributed by atoms with Gasteiger partial charge in [0.05, 0.1) is 22.7 Å². The van der Waals surface area contributed by atoms with Gasteiger partial charge in [0.25, 0.3) is 0 Å². The third kappa shape index (κ3) is 3.95. The minimum absolute atomic E-state index is 0.0603. The monoisotopic (exact) mass is 368 g/mol. The van der Waals surface area contributed by atoms with Crippen molar-refractivity contribution in [3.8, 4) is 5.75 Å². The van der Waals surface area contributed by atoms with E-state index in [1.165, 1.54) is 12.1 Å². The van der Waals surface area contributed by atoms with Crippen LogP contribution in [0.2, 0.25) is 0 Å². The zero-order valence-electron chi connectivity index (χ0n) is 14.8. The minimum atomic E-state index is -0.499. The first-order valence-corrected chi connectivity index (χ1v) is 8.55. The molecule has 3 rings (SSSR count). The van der Waals surface area contributed by atoms with Gasteiger partial charge in [0.1, 0.15) is 0 Å². The average molecular weight is 368 g/mol. The number of fused-ring (bicyclic) bond motifs is 1. The molecular formula is C19H20N4O4. The lowest BCUT2D eigenvalue weighted by Gasteiger charge is -2.15. The minimum Gasteiger partial charge on any atom is -0.487 e. The van der Waals surface area contributed by atoms with Gasteiger partial charge in [-0.15, -0.1) is 0 Å². The Morgan fingerprint density at radius 2 is 2.00 bits per heavy atom. The number of rotatable bonds is 7. The van der Waals surface area contributed by atoms with Crippen molar-refractivity contribution < 1.29 is 14.8 Å². The third-order valence-corrected chi connectivity index (χ3v) is 4.29. The number of nitrogens with zero attached hydrogens (tertiary/aromatic N) is 3. The van der Waals surface area contributed by atoms with Crippen molar-refractivity contribution in [3.05, 3.63) is 63.8 Å². The Balaban J connectivity index is 2.15. The highest BCUT2D eigenvalue weighted by Crippen LogP contribution is 2.36. The number of aliphatic hydroxyl groups is 1. The molecule has 0 bridgehead atoms. The standard InChI is InChI=1S/C19H20N4O4/c1-12(13-6-3-2-4-7-13)18-14-10-16(23(25)26)17(27-9-5-8-24)11-15(14)21-19(20)22-18/h2-4,6-7,10-12,24H,5,8-9H2,1H3,(H2,20,21,22)/t12-/m1/s1. The maximum atomic E-state index is 11.5. The predicted octanol–water partition coefficient (Wildman–Crippen LogP) is 3.03. The summed E-state index contributed by atoms with van der Waals surface area (Å²) in [6.45, 7) is 2.07. The van der Waals surface area contributed by atoms with Crippen molar-refractivity contribution in [2.45, 2.75) is 19.3 Å². The first-order chi connectivity index (χ1) is 13.0. The molecule has 0 unspecified atom stereocenters. The van der Waals surface area contributed by atoms with Gasteiger partial charge in [-0.05, 0) is 5.56 Å². The molecule has 0 saturated carbocycles. The van der Waals surface area contributed by atoms with E-state index in [0.717, 1.165) is 5.56 Å². The summed E-state index contributed by atoms with van der Waals surface area (Å²) in [6.07, 6.45) is 0.372. The third-order valence-electron chi connectivity index (χ3n) is 4.29. The number of hydrogen-bond donors (Lipinski definition) is 2. The molecule has 0 saturated heterocycles. The first-order valence-electron chi connectivity index (χ1n) is 8.55. The number of ether oxygens (including phenoxy) is 1. The van der Waals surface area contributed by atoms with E-state index in [0.29, 0.717) is 23.0 Å². The molecule has 1 atom stereocenters. The van der Waals surface area contributed by atoms with Gasteiger partial charge in [-0.3, -0.25) is 10.1 Å². The van der Waals surface area contributed by atoms with Crippen LogP contribution in [-0.4, -0.2) is 33.2 Å². The fourth-order valence-electron chi connectivity index (χ4n) is 2.92. The van der Waals surface area contributed by atoms with Gasteiger partial charge in [-0.2, -0.15) is 0 Å². The molecule has 27 heavy (non-hydrogen) atoms. The molecule has 8 heteroatoms. The first kappa shape index (κ1) is 18.5. The van der Waals surface area contributed by atoms with E-state index >= 15 is 0 Å². The maximum absolute atomic E-state index is 11.5. The summed E-state index contributed by atoms with van der Waals surface area (Å²) in [7, 11) is 0. The lowest BCUT2D eigenvalue weighted by molar-refractivity contribution is -0.385. The van der Waals surface area contributed by atoms with Crippen LogP contribution in [0.15, 0.2) is 42.5 Å². The fourth-order valence-corrected chi connectivity index (χ4v) is 2.92. The van der Waals surface area contributed by atoms with Gasteiger partial charge < -0.3 is 15.6 Å².